The normalized spacial score (nSPS) is 16.9. The van der Waals surface area contributed by atoms with Crippen LogP contribution in [-0.2, 0) is 0 Å². The molecule has 0 spiro atoms. The first kappa shape index (κ1) is 26.7. The SMILES string of the molecule is O=C(CCCN1CCN(C(c2ccc(Cl)cc2)c2ccc(Cl)cc2)CC1)c1cc2c(s1)SCCNC2=O. The van der Waals surface area contributed by atoms with Crippen LogP contribution in [0.4, 0.5) is 0 Å². The maximum atomic E-state index is 12.8. The number of piperazine rings is 1. The second-order valence-electron chi connectivity index (χ2n) is 9.33. The van der Waals surface area contributed by atoms with Gasteiger partial charge in [0.25, 0.3) is 5.91 Å². The Morgan fingerprint density at radius 3 is 2.19 bits per heavy atom. The van der Waals surface area contributed by atoms with Crippen molar-refractivity contribution in [3.05, 3.63) is 86.2 Å². The molecule has 9 heteroatoms. The lowest BCUT2D eigenvalue weighted by Crippen LogP contribution is -2.48. The third kappa shape index (κ3) is 6.59. The van der Waals surface area contributed by atoms with E-state index < -0.39 is 0 Å². The highest BCUT2D eigenvalue weighted by atomic mass is 35.5. The minimum absolute atomic E-state index is 0.0660. The van der Waals surface area contributed by atoms with Gasteiger partial charge in [-0.3, -0.25) is 14.5 Å². The van der Waals surface area contributed by atoms with Crippen LogP contribution < -0.4 is 5.32 Å². The summed E-state index contributed by atoms with van der Waals surface area (Å²) in [5, 5.41) is 4.36. The van der Waals surface area contributed by atoms with Gasteiger partial charge in [0, 0.05) is 54.9 Å². The number of hydrogen-bond acceptors (Lipinski definition) is 6. The molecular formula is C28H29Cl2N3O2S2. The van der Waals surface area contributed by atoms with Crippen LogP contribution in [-0.4, -0.2) is 66.5 Å². The zero-order valence-electron chi connectivity index (χ0n) is 20.4. The van der Waals surface area contributed by atoms with Crippen molar-refractivity contribution in [2.24, 2.45) is 0 Å². The number of hydrogen-bond donors (Lipinski definition) is 1. The van der Waals surface area contributed by atoms with Crippen LogP contribution in [0, 0.1) is 0 Å². The summed E-state index contributed by atoms with van der Waals surface area (Å²) in [6.07, 6.45) is 1.32. The lowest BCUT2D eigenvalue weighted by molar-refractivity contribution is 0.0944. The van der Waals surface area contributed by atoms with Crippen molar-refractivity contribution in [3.63, 3.8) is 0 Å². The van der Waals surface area contributed by atoms with Crippen molar-refractivity contribution in [2.45, 2.75) is 23.1 Å². The van der Waals surface area contributed by atoms with Gasteiger partial charge in [-0.15, -0.1) is 23.1 Å². The van der Waals surface area contributed by atoms with Gasteiger partial charge in [0.2, 0.25) is 0 Å². The molecule has 3 aromatic rings. The number of ketones is 1. The summed E-state index contributed by atoms with van der Waals surface area (Å²) in [6.45, 7) is 5.35. The molecule has 1 saturated heterocycles. The molecule has 0 bridgehead atoms. The number of Topliss-reactive ketones (excluding diaryl/α,β-unsaturated/α-hetero) is 1. The quantitative estimate of drug-likeness (QED) is 0.322. The molecule has 0 atom stereocenters. The number of fused-ring (bicyclic) bond motifs is 1. The zero-order valence-corrected chi connectivity index (χ0v) is 23.6. The van der Waals surface area contributed by atoms with E-state index in [2.05, 4.69) is 39.4 Å². The summed E-state index contributed by atoms with van der Waals surface area (Å²) >= 11 is 15.4. The average molecular weight is 575 g/mol. The van der Waals surface area contributed by atoms with Gasteiger partial charge in [0.15, 0.2) is 5.78 Å². The van der Waals surface area contributed by atoms with E-state index in [4.69, 9.17) is 23.2 Å². The van der Waals surface area contributed by atoms with Gasteiger partial charge in [0.1, 0.15) is 0 Å². The molecule has 1 aromatic heterocycles. The smallest absolute Gasteiger partial charge is 0.253 e. The first-order chi connectivity index (χ1) is 18.0. The van der Waals surface area contributed by atoms with Crippen molar-refractivity contribution >= 4 is 58.0 Å². The van der Waals surface area contributed by atoms with E-state index in [1.54, 1.807) is 17.8 Å². The first-order valence-corrected chi connectivity index (χ1v) is 15.1. The third-order valence-corrected chi connectivity index (χ3v) is 9.83. The number of amides is 1. The summed E-state index contributed by atoms with van der Waals surface area (Å²) in [5.41, 5.74) is 3.09. The number of thiophene rings is 1. The molecule has 1 fully saturated rings. The van der Waals surface area contributed by atoms with Gasteiger partial charge in [-0.2, -0.15) is 0 Å². The molecule has 0 radical (unpaired) electrons. The van der Waals surface area contributed by atoms with Crippen LogP contribution in [0.3, 0.4) is 0 Å². The molecule has 0 aliphatic carbocycles. The largest absolute Gasteiger partial charge is 0.351 e. The third-order valence-electron chi connectivity index (χ3n) is 6.86. The Kier molecular flexibility index (Phi) is 8.90. The maximum absolute atomic E-state index is 12.8. The Labute approximate surface area is 236 Å². The zero-order chi connectivity index (χ0) is 25.8. The van der Waals surface area contributed by atoms with E-state index >= 15 is 0 Å². The number of nitrogens with zero attached hydrogens (tertiary/aromatic N) is 2. The average Bonchev–Trinajstić information content (AvgIpc) is 3.26. The lowest BCUT2D eigenvalue weighted by Gasteiger charge is -2.40. The van der Waals surface area contributed by atoms with Gasteiger partial charge in [-0.25, -0.2) is 0 Å². The Hall–Kier alpha value is -1.87. The number of nitrogens with one attached hydrogen (secondary N) is 1. The fourth-order valence-corrected chi connectivity index (χ4v) is 7.47. The lowest BCUT2D eigenvalue weighted by atomic mass is 9.96. The van der Waals surface area contributed by atoms with E-state index in [0.717, 1.165) is 59.2 Å². The summed E-state index contributed by atoms with van der Waals surface area (Å²) in [5.74, 6) is 0.912. The van der Waals surface area contributed by atoms with E-state index in [9.17, 15) is 9.59 Å². The molecule has 1 N–H and O–H groups in total. The van der Waals surface area contributed by atoms with Crippen molar-refractivity contribution in [3.8, 4) is 0 Å². The second-order valence-corrected chi connectivity index (χ2v) is 12.6. The summed E-state index contributed by atoms with van der Waals surface area (Å²) < 4.78 is 0.963. The van der Waals surface area contributed by atoms with Gasteiger partial charge < -0.3 is 10.2 Å². The minimum Gasteiger partial charge on any atom is -0.351 e. The predicted octanol–water partition coefficient (Wildman–Crippen LogP) is 6.26. The molecule has 1 amide bonds. The number of rotatable bonds is 8. The monoisotopic (exact) mass is 573 g/mol. The Bertz CT molecular complexity index is 1190. The highest BCUT2D eigenvalue weighted by Gasteiger charge is 2.27. The van der Waals surface area contributed by atoms with E-state index in [1.165, 1.54) is 22.5 Å². The van der Waals surface area contributed by atoms with Crippen molar-refractivity contribution in [2.75, 3.05) is 45.0 Å². The summed E-state index contributed by atoms with van der Waals surface area (Å²) in [6, 6.07) is 18.1. The van der Waals surface area contributed by atoms with Crippen LogP contribution in [0.5, 0.6) is 0 Å². The summed E-state index contributed by atoms with van der Waals surface area (Å²) in [7, 11) is 0. The highest BCUT2D eigenvalue weighted by molar-refractivity contribution is 8.01. The topological polar surface area (TPSA) is 52.7 Å². The molecule has 3 heterocycles. The van der Waals surface area contributed by atoms with Crippen LogP contribution in [0.2, 0.25) is 10.0 Å². The first-order valence-electron chi connectivity index (χ1n) is 12.5. The summed E-state index contributed by atoms with van der Waals surface area (Å²) in [4.78, 5) is 30.7. The Morgan fingerprint density at radius 1 is 0.946 bits per heavy atom. The number of benzene rings is 2. The van der Waals surface area contributed by atoms with Crippen LogP contribution >= 0.6 is 46.3 Å². The minimum atomic E-state index is -0.0660. The molecule has 5 nitrogen and oxygen atoms in total. The van der Waals surface area contributed by atoms with Crippen LogP contribution in [0.15, 0.2) is 58.8 Å². The van der Waals surface area contributed by atoms with E-state index in [-0.39, 0.29) is 17.7 Å². The van der Waals surface area contributed by atoms with Gasteiger partial charge in [0.05, 0.1) is 20.7 Å². The second kappa shape index (κ2) is 12.3. The van der Waals surface area contributed by atoms with Crippen LogP contribution in [0.1, 0.15) is 50.0 Å². The Morgan fingerprint density at radius 2 is 1.57 bits per heavy atom. The molecule has 37 heavy (non-hydrogen) atoms. The fourth-order valence-electron chi connectivity index (χ4n) is 4.92. The molecule has 2 aliphatic rings. The van der Waals surface area contributed by atoms with E-state index in [0.29, 0.717) is 23.4 Å². The number of carbonyl (C=O) groups is 2. The van der Waals surface area contributed by atoms with Crippen molar-refractivity contribution in [1.82, 2.24) is 15.1 Å². The molecule has 194 valence electrons. The molecule has 2 aliphatic heterocycles. The molecule has 5 rings (SSSR count). The van der Waals surface area contributed by atoms with Gasteiger partial charge >= 0.3 is 0 Å². The van der Waals surface area contributed by atoms with Crippen molar-refractivity contribution < 1.29 is 9.59 Å². The number of carbonyl (C=O) groups excluding carboxylic acids is 2. The molecule has 0 saturated carbocycles. The maximum Gasteiger partial charge on any atom is 0.253 e. The van der Waals surface area contributed by atoms with Crippen LogP contribution in [0.25, 0.3) is 0 Å². The predicted molar refractivity (Wildman–Crippen MR) is 154 cm³/mol. The number of thioether (sulfide) groups is 1. The molecule has 0 unspecified atom stereocenters. The molecular weight excluding hydrogens is 545 g/mol. The fraction of sp³-hybridized carbons (Fsp3) is 0.357. The standard InChI is InChI=1S/C28H29Cl2N3O2S2/c29-21-7-3-19(4-8-21)26(20-5-9-22(30)10-6-20)33-15-13-32(14-16-33)12-1-2-24(34)25-18-23-27(35)31-11-17-36-28(23)37-25/h3-10,18,26H,1-2,11-17H2,(H,31,35). The number of halogens is 2. The highest BCUT2D eigenvalue weighted by Crippen LogP contribution is 2.34. The Balaban J connectivity index is 1.16. The van der Waals surface area contributed by atoms with Gasteiger partial charge in [-0.1, -0.05) is 47.5 Å². The van der Waals surface area contributed by atoms with Crippen molar-refractivity contribution in [1.29, 1.82) is 0 Å². The van der Waals surface area contributed by atoms with Gasteiger partial charge in [-0.05, 0) is 54.4 Å². The molecule has 2 aromatic carbocycles. The van der Waals surface area contributed by atoms with E-state index in [1.807, 2.05) is 24.3 Å².